The van der Waals surface area contributed by atoms with Crippen LogP contribution in [0.5, 0.6) is 0 Å². The Hall–Kier alpha value is -1.66. The first kappa shape index (κ1) is 15.8. The second kappa shape index (κ2) is 6.69. The average Bonchev–Trinajstić information content (AvgIpc) is 3.14. The fraction of sp³-hybridized carbons (Fsp3) is 0.556. The van der Waals surface area contributed by atoms with Gasteiger partial charge in [0.1, 0.15) is 6.10 Å². The Bertz CT molecular complexity index is 706. The van der Waals surface area contributed by atoms with E-state index in [2.05, 4.69) is 22.6 Å². The number of hydrogen-bond donors (Lipinski definition) is 1. The van der Waals surface area contributed by atoms with E-state index in [4.69, 9.17) is 0 Å². The molecule has 1 aliphatic heterocycles. The molecule has 2 aromatic rings. The number of aliphatic hydroxyl groups excluding tert-OH is 1. The van der Waals surface area contributed by atoms with Gasteiger partial charge in [0, 0.05) is 17.8 Å². The molecule has 1 amide bonds. The Morgan fingerprint density at radius 2 is 2.29 bits per heavy atom. The maximum absolute atomic E-state index is 12.4. The SMILES string of the molecule is O=C(CCCc1cccs1)N1CCn2nc([C@@H](O)C3CC3)cc2C1. The predicted molar refractivity (Wildman–Crippen MR) is 92.6 cm³/mol. The number of amides is 1. The van der Waals surface area contributed by atoms with E-state index in [0.29, 0.717) is 25.4 Å². The van der Waals surface area contributed by atoms with Crippen LogP contribution in [0, 0.1) is 5.92 Å². The molecule has 1 saturated carbocycles. The Kier molecular flexibility index (Phi) is 4.41. The zero-order chi connectivity index (χ0) is 16.5. The first-order valence-corrected chi connectivity index (χ1v) is 9.63. The highest BCUT2D eigenvalue weighted by molar-refractivity contribution is 7.09. The predicted octanol–water partition coefficient (Wildman–Crippen LogP) is 2.75. The molecule has 0 spiro atoms. The summed E-state index contributed by atoms with van der Waals surface area (Å²) in [6.07, 6.45) is 4.24. The van der Waals surface area contributed by atoms with Crippen LogP contribution in [0.1, 0.15) is 48.1 Å². The van der Waals surface area contributed by atoms with Crippen molar-refractivity contribution in [1.29, 1.82) is 0 Å². The number of aromatic nitrogens is 2. The summed E-state index contributed by atoms with van der Waals surface area (Å²) in [5, 5.41) is 16.8. The van der Waals surface area contributed by atoms with Gasteiger partial charge in [0.25, 0.3) is 0 Å². The van der Waals surface area contributed by atoms with Gasteiger partial charge in [0.05, 0.1) is 24.5 Å². The van der Waals surface area contributed by atoms with Gasteiger partial charge in [-0.25, -0.2) is 0 Å². The first-order chi connectivity index (χ1) is 11.7. The van der Waals surface area contributed by atoms with Crippen molar-refractivity contribution < 1.29 is 9.90 Å². The van der Waals surface area contributed by atoms with Crippen LogP contribution < -0.4 is 0 Å². The van der Waals surface area contributed by atoms with Gasteiger partial charge in [-0.15, -0.1) is 11.3 Å². The van der Waals surface area contributed by atoms with Gasteiger partial charge in [-0.1, -0.05) is 6.07 Å². The van der Waals surface area contributed by atoms with Gasteiger partial charge in [-0.3, -0.25) is 9.48 Å². The highest BCUT2D eigenvalue weighted by atomic mass is 32.1. The van der Waals surface area contributed by atoms with Gasteiger partial charge < -0.3 is 10.0 Å². The number of rotatable bonds is 6. The molecule has 1 aliphatic carbocycles. The van der Waals surface area contributed by atoms with Crippen molar-refractivity contribution in [2.75, 3.05) is 6.54 Å². The zero-order valence-electron chi connectivity index (χ0n) is 13.7. The molecule has 0 bridgehead atoms. The Labute approximate surface area is 145 Å². The molecule has 2 aromatic heterocycles. The molecule has 0 unspecified atom stereocenters. The van der Waals surface area contributed by atoms with Crippen molar-refractivity contribution in [3.63, 3.8) is 0 Å². The summed E-state index contributed by atoms with van der Waals surface area (Å²) in [7, 11) is 0. The summed E-state index contributed by atoms with van der Waals surface area (Å²) < 4.78 is 1.95. The van der Waals surface area contributed by atoms with Gasteiger partial charge in [0.15, 0.2) is 0 Å². The van der Waals surface area contributed by atoms with E-state index < -0.39 is 6.10 Å². The van der Waals surface area contributed by atoms with Crippen LogP contribution in [0.2, 0.25) is 0 Å². The molecule has 4 rings (SSSR count). The summed E-state index contributed by atoms with van der Waals surface area (Å²) in [5.74, 6) is 0.611. The molecule has 0 radical (unpaired) electrons. The maximum atomic E-state index is 12.4. The molecule has 0 saturated heterocycles. The lowest BCUT2D eigenvalue weighted by molar-refractivity contribution is -0.132. The summed E-state index contributed by atoms with van der Waals surface area (Å²) in [6, 6.07) is 6.16. The summed E-state index contributed by atoms with van der Waals surface area (Å²) in [6.45, 7) is 2.05. The van der Waals surface area contributed by atoms with Crippen LogP contribution in [0.15, 0.2) is 23.6 Å². The van der Waals surface area contributed by atoms with Crippen LogP contribution in [0.25, 0.3) is 0 Å². The highest BCUT2D eigenvalue weighted by Crippen LogP contribution is 2.40. The second-order valence-corrected chi connectivity index (χ2v) is 7.85. The molecule has 1 N–H and O–H groups in total. The number of carbonyl (C=O) groups is 1. The monoisotopic (exact) mass is 345 g/mol. The fourth-order valence-corrected chi connectivity index (χ4v) is 4.08. The largest absolute Gasteiger partial charge is 0.386 e. The Balaban J connectivity index is 1.32. The van der Waals surface area contributed by atoms with E-state index in [-0.39, 0.29) is 5.91 Å². The smallest absolute Gasteiger partial charge is 0.222 e. The van der Waals surface area contributed by atoms with Crippen molar-refractivity contribution in [3.8, 4) is 0 Å². The van der Waals surface area contributed by atoms with Crippen LogP contribution in [0.3, 0.4) is 0 Å². The van der Waals surface area contributed by atoms with Gasteiger partial charge in [-0.2, -0.15) is 5.10 Å². The molecule has 0 aromatic carbocycles. The lowest BCUT2D eigenvalue weighted by atomic mass is 10.1. The van der Waals surface area contributed by atoms with E-state index in [1.54, 1.807) is 11.3 Å². The number of aryl methyl sites for hydroxylation is 1. The van der Waals surface area contributed by atoms with Crippen molar-refractivity contribution in [2.24, 2.45) is 5.92 Å². The van der Waals surface area contributed by atoms with Gasteiger partial charge in [0.2, 0.25) is 5.91 Å². The minimum Gasteiger partial charge on any atom is -0.386 e. The molecule has 24 heavy (non-hydrogen) atoms. The quantitative estimate of drug-likeness (QED) is 0.876. The number of thiophene rings is 1. The molecule has 128 valence electrons. The van der Waals surface area contributed by atoms with Crippen LogP contribution in [-0.2, 0) is 24.3 Å². The minimum absolute atomic E-state index is 0.225. The number of nitrogens with zero attached hydrogens (tertiary/aromatic N) is 3. The highest BCUT2D eigenvalue weighted by Gasteiger charge is 2.33. The average molecular weight is 345 g/mol. The standard InChI is InChI=1S/C18H23N3O2S/c22-17(5-1-3-15-4-2-10-24-15)20-8-9-21-14(12-20)11-16(19-21)18(23)13-6-7-13/h2,4,10-11,13,18,23H,1,3,5-9,12H2/t18-/m0/s1. The number of fused-ring (bicyclic) bond motifs is 1. The summed E-state index contributed by atoms with van der Waals surface area (Å²) in [4.78, 5) is 15.7. The van der Waals surface area contributed by atoms with Gasteiger partial charge in [-0.05, 0) is 49.1 Å². The summed E-state index contributed by atoms with van der Waals surface area (Å²) in [5.41, 5.74) is 1.82. The molecular formula is C18H23N3O2S. The molecule has 2 aliphatic rings. The van der Waals surface area contributed by atoms with Crippen molar-refractivity contribution in [3.05, 3.63) is 39.8 Å². The van der Waals surface area contributed by atoms with Crippen LogP contribution >= 0.6 is 11.3 Å². The second-order valence-electron chi connectivity index (χ2n) is 6.81. The Morgan fingerprint density at radius 3 is 3.04 bits per heavy atom. The van der Waals surface area contributed by atoms with Crippen molar-refractivity contribution in [2.45, 2.75) is 51.3 Å². The molecule has 5 nitrogen and oxygen atoms in total. The van der Waals surface area contributed by atoms with Crippen molar-refractivity contribution >= 4 is 17.2 Å². The normalized spacial score (nSPS) is 18.5. The molecule has 1 atom stereocenters. The topological polar surface area (TPSA) is 58.4 Å². The minimum atomic E-state index is -0.432. The number of carbonyl (C=O) groups excluding carboxylic acids is 1. The van der Waals surface area contributed by atoms with E-state index in [1.165, 1.54) is 4.88 Å². The lowest BCUT2D eigenvalue weighted by Gasteiger charge is -2.27. The lowest BCUT2D eigenvalue weighted by Crippen LogP contribution is -2.38. The maximum Gasteiger partial charge on any atom is 0.222 e. The zero-order valence-corrected chi connectivity index (χ0v) is 14.5. The molecule has 1 fully saturated rings. The first-order valence-electron chi connectivity index (χ1n) is 8.75. The van der Waals surface area contributed by atoms with Crippen molar-refractivity contribution in [1.82, 2.24) is 14.7 Å². The fourth-order valence-electron chi connectivity index (χ4n) is 3.33. The molecule has 6 heteroatoms. The van der Waals surface area contributed by atoms with E-state index >= 15 is 0 Å². The third kappa shape index (κ3) is 3.39. The van der Waals surface area contributed by atoms with E-state index in [1.807, 2.05) is 15.6 Å². The van der Waals surface area contributed by atoms with Gasteiger partial charge >= 0.3 is 0 Å². The third-order valence-corrected chi connectivity index (χ3v) is 5.87. The van der Waals surface area contributed by atoms with E-state index in [9.17, 15) is 9.90 Å². The Morgan fingerprint density at radius 1 is 1.42 bits per heavy atom. The molecule has 3 heterocycles. The van der Waals surface area contributed by atoms with Crippen LogP contribution in [0.4, 0.5) is 0 Å². The van der Waals surface area contributed by atoms with Crippen LogP contribution in [-0.4, -0.2) is 32.2 Å². The summed E-state index contributed by atoms with van der Waals surface area (Å²) >= 11 is 1.75. The van der Waals surface area contributed by atoms with E-state index in [0.717, 1.165) is 43.6 Å². The molecular weight excluding hydrogens is 322 g/mol. The number of hydrogen-bond acceptors (Lipinski definition) is 4. The number of aliphatic hydroxyl groups is 1. The third-order valence-electron chi connectivity index (χ3n) is 4.93.